The number of nitrogens with one attached hydrogen (secondary N) is 3. The normalized spacial score (nSPS) is 25.7. The van der Waals surface area contributed by atoms with Crippen molar-refractivity contribution in [3.8, 4) is 0 Å². The number of fused-ring (bicyclic) bond motifs is 1. The molecular formula is C23H34N4O5. The van der Waals surface area contributed by atoms with Crippen molar-refractivity contribution in [2.45, 2.75) is 82.9 Å². The minimum absolute atomic E-state index is 0.0765. The summed E-state index contributed by atoms with van der Waals surface area (Å²) in [5.41, 5.74) is 0.707. The second kappa shape index (κ2) is 10.3. The van der Waals surface area contributed by atoms with Crippen LogP contribution in [0.15, 0.2) is 12.1 Å². The molecule has 1 saturated carbocycles. The Morgan fingerprint density at radius 3 is 2.62 bits per heavy atom. The van der Waals surface area contributed by atoms with Crippen molar-refractivity contribution in [3.63, 3.8) is 0 Å². The number of anilines is 1. The topological polar surface area (TPSA) is 141 Å². The fourth-order valence-electron chi connectivity index (χ4n) is 4.60. The fraction of sp³-hybridized carbons (Fsp3) is 0.652. The summed E-state index contributed by atoms with van der Waals surface area (Å²) in [6.45, 7) is 3.90. The number of aromatic nitrogens is 1. The predicted molar refractivity (Wildman–Crippen MR) is 119 cm³/mol. The molecule has 32 heavy (non-hydrogen) atoms. The molecule has 1 fully saturated rings. The minimum atomic E-state index is -1.54. The smallest absolute Gasteiger partial charge is 0.329 e. The van der Waals surface area contributed by atoms with Gasteiger partial charge in [-0.3, -0.25) is 9.59 Å². The lowest BCUT2D eigenvalue weighted by atomic mass is 9.74. The van der Waals surface area contributed by atoms with Crippen LogP contribution in [0.25, 0.3) is 0 Å². The van der Waals surface area contributed by atoms with Crippen LogP contribution in [0.1, 0.15) is 63.6 Å². The number of amides is 2. The molecule has 176 valence electrons. The maximum atomic E-state index is 12.5. The molecule has 0 radical (unpaired) electrons. The van der Waals surface area contributed by atoms with Gasteiger partial charge in [0.2, 0.25) is 11.8 Å². The molecule has 0 aromatic carbocycles. The highest BCUT2D eigenvalue weighted by molar-refractivity contribution is 5.83. The Balaban J connectivity index is 1.42. The van der Waals surface area contributed by atoms with Gasteiger partial charge in [0.25, 0.3) is 0 Å². The van der Waals surface area contributed by atoms with Crippen LogP contribution < -0.4 is 16.0 Å². The van der Waals surface area contributed by atoms with Crippen LogP contribution >= 0.6 is 0 Å². The average Bonchev–Trinajstić information content (AvgIpc) is 2.74. The van der Waals surface area contributed by atoms with E-state index in [9.17, 15) is 24.6 Å². The van der Waals surface area contributed by atoms with E-state index in [-0.39, 0.29) is 24.7 Å². The number of aliphatic hydroxyl groups is 1. The highest BCUT2D eigenvalue weighted by Crippen LogP contribution is 2.35. The summed E-state index contributed by atoms with van der Waals surface area (Å²) in [4.78, 5) is 40.0. The van der Waals surface area contributed by atoms with E-state index < -0.39 is 23.5 Å². The van der Waals surface area contributed by atoms with Crippen LogP contribution in [0.3, 0.4) is 0 Å². The van der Waals surface area contributed by atoms with Crippen molar-refractivity contribution in [1.29, 1.82) is 0 Å². The highest BCUT2D eigenvalue weighted by atomic mass is 16.4. The molecule has 0 bridgehead atoms. The zero-order valence-corrected chi connectivity index (χ0v) is 18.8. The third-order valence-electron chi connectivity index (χ3n) is 6.53. The lowest BCUT2D eigenvalue weighted by molar-refractivity contribution is -0.153. The molecule has 0 saturated heterocycles. The molecule has 0 spiro atoms. The van der Waals surface area contributed by atoms with Crippen molar-refractivity contribution in [1.82, 2.24) is 15.6 Å². The fourth-order valence-corrected chi connectivity index (χ4v) is 4.60. The van der Waals surface area contributed by atoms with Gasteiger partial charge in [0.15, 0.2) is 6.04 Å². The molecular weight excluding hydrogens is 412 g/mol. The Labute approximate surface area is 188 Å². The first-order valence-corrected chi connectivity index (χ1v) is 11.4. The number of aliphatic carboxylic acids is 1. The molecule has 5 N–H and O–H groups in total. The molecule has 2 unspecified atom stereocenters. The van der Waals surface area contributed by atoms with E-state index >= 15 is 0 Å². The Bertz CT molecular complexity index is 851. The summed E-state index contributed by atoms with van der Waals surface area (Å²) >= 11 is 0. The summed E-state index contributed by atoms with van der Waals surface area (Å²) in [6.07, 6.45) is 4.74. The standard InChI is InChI=1S/C23H34N4O5/c1-14-5-6-16-7-8-18(27-20(16)25-14)4-3-13-24-21(29)17-9-11-23(32,12-10-17)19(22(30)31)26-15(2)28/h7-8,14,17,19,32H,3-6,9-13H2,1-2H3,(H,24,29)(H,25,27)(H,26,28)(H,30,31). The Morgan fingerprint density at radius 2 is 1.97 bits per heavy atom. The second-order valence-corrected chi connectivity index (χ2v) is 9.14. The number of pyridine rings is 1. The first-order valence-electron chi connectivity index (χ1n) is 11.4. The maximum absolute atomic E-state index is 12.5. The van der Waals surface area contributed by atoms with Gasteiger partial charge in [0.05, 0.1) is 5.60 Å². The number of carboxylic acids is 1. The lowest BCUT2D eigenvalue weighted by Gasteiger charge is -2.39. The number of carbonyl (C=O) groups excluding carboxylic acids is 2. The quantitative estimate of drug-likeness (QED) is 0.380. The molecule has 1 aliphatic heterocycles. The first kappa shape index (κ1) is 24.0. The summed E-state index contributed by atoms with van der Waals surface area (Å²) in [6, 6.07) is 3.24. The number of hydrogen-bond acceptors (Lipinski definition) is 6. The summed E-state index contributed by atoms with van der Waals surface area (Å²) < 4.78 is 0. The van der Waals surface area contributed by atoms with Crippen molar-refractivity contribution in [3.05, 3.63) is 23.4 Å². The second-order valence-electron chi connectivity index (χ2n) is 9.14. The maximum Gasteiger partial charge on any atom is 0.329 e. The summed E-state index contributed by atoms with van der Waals surface area (Å²) in [5.74, 6) is -1.16. The van der Waals surface area contributed by atoms with Crippen molar-refractivity contribution < 1.29 is 24.6 Å². The van der Waals surface area contributed by atoms with Gasteiger partial charge in [-0.25, -0.2) is 9.78 Å². The first-order chi connectivity index (χ1) is 15.2. The molecule has 9 heteroatoms. The van der Waals surface area contributed by atoms with Gasteiger partial charge in [0, 0.05) is 31.1 Å². The van der Waals surface area contributed by atoms with Gasteiger partial charge in [-0.1, -0.05) is 6.07 Å². The third kappa shape index (κ3) is 5.97. The van der Waals surface area contributed by atoms with E-state index in [0.717, 1.165) is 37.2 Å². The zero-order chi connectivity index (χ0) is 23.3. The van der Waals surface area contributed by atoms with Crippen LogP contribution in [-0.4, -0.2) is 57.2 Å². The van der Waals surface area contributed by atoms with E-state index in [2.05, 4.69) is 28.9 Å². The molecule has 9 nitrogen and oxygen atoms in total. The van der Waals surface area contributed by atoms with Crippen molar-refractivity contribution in [2.75, 3.05) is 11.9 Å². The van der Waals surface area contributed by atoms with Gasteiger partial charge in [-0.05, 0) is 69.9 Å². The molecule has 1 aliphatic carbocycles. The van der Waals surface area contributed by atoms with Crippen LogP contribution in [0, 0.1) is 5.92 Å². The Hall–Kier alpha value is -2.68. The molecule has 2 heterocycles. The number of aryl methyl sites for hydroxylation is 2. The van der Waals surface area contributed by atoms with E-state index in [1.165, 1.54) is 12.5 Å². The summed E-state index contributed by atoms with van der Waals surface area (Å²) in [7, 11) is 0. The van der Waals surface area contributed by atoms with E-state index in [1.807, 2.05) is 6.07 Å². The van der Waals surface area contributed by atoms with Gasteiger partial charge in [-0.2, -0.15) is 0 Å². The number of carbonyl (C=O) groups is 3. The third-order valence-corrected chi connectivity index (χ3v) is 6.53. The van der Waals surface area contributed by atoms with Crippen LogP contribution in [0.4, 0.5) is 5.82 Å². The lowest BCUT2D eigenvalue weighted by Crippen LogP contribution is -2.58. The van der Waals surface area contributed by atoms with Crippen LogP contribution in [0.5, 0.6) is 0 Å². The minimum Gasteiger partial charge on any atom is -0.480 e. The SMILES string of the molecule is CC(=O)NC(C(=O)O)C1(O)CCC(C(=O)NCCCc2ccc3c(n2)NC(C)CC3)CC1. The van der Waals surface area contributed by atoms with Gasteiger partial charge in [-0.15, -0.1) is 0 Å². The van der Waals surface area contributed by atoms with Gasteiger partial charge >= 0.3 is 5.97 Å². The van der Waals surface area contributed by atoms with Gasteiger partial charge < -0.3 is 26.2 Å². The molecule has 1 aromatic rings. The molecule has 2 aliphatic rings. The number of carboxylic acid groups (broad SMARTS) is 1. The monoisotopic (exact) mass is 446 g/mol. The highest BCUT2D eigenvalue weighted by Gasteiger charge is 2.45. The van der Waals surface area contributed by atoms with Crippen molar-refractivity contribution in [2.24, 2.45) is 5.92 Å². The molecule has 2 amide bonds. The van der Waals surface area contributed by atoms with Crippen LogP contribution in [0.2, 0.25) is 0 Å². The number of nitrogens with zero attached hydrogens (tertiary/aromatic N) is 1. The Morgan fingerprint density at radius 1 is 1.25 bits per heavy atom. The van der Waals surface area contributed by atoms with E-state index in [4.69, 9.17) is 4.98 Å². The number of rotatable bonds is 8. The Kier molecular flexibility index (Phi) is 7.71. The van der Waals surface area contributed by atoms with Gasteiger partial charge in [0.1, 0.15) is 5.82 Å². The average molecular weight is 447 g/mol. The predicted octanol–water partition coefficient (Wildman–Crippen LogP) is 1.39. The van der Waals surface area contributed by atoms with E-state index in [0.29, 0.717) is 25.4 Å². The van der Waals surface area contributed by atoms with Crippen molar-refractivity contribution >= 4 is 23.6 Å². The molecule has 1 aromatic heterocycles. The summed E-state index contributed by atoms with van der Waals surface area (Å²) in [5, 5.41) is 28.8. The van der Waals surface area contributed by atoms with Crippen LogP contribution in [-0.2, 0) is 27.2 Å². The molecule has 3 rings (SSSR count). The largest absolute Gasteiger partial charge is 0.480 e. The molecule has 2 atom stereocenters. The van der Waals surface area contributed by atoms with E-state index in [1.54, 1.807) is 0 Å². The zero-order valence-electron chi connectivity index (χ0n) is 18.8. The number of hydrogen-bond donors (Lipinski definition) is 5.